The van der Waals surface area contributed by atoms with E-state index in [2.05, 4.69) is 40.4 Å². The smallest absolute Gasteiger partial charge is 0.192 e. The van der Waals surface area contributed by atoms with Gasteiger partial charge in [-0.05, 0) is 62.2 Å². The molecule has 1 aromatic carbocycles. The fraction of sp³-hybridized carbons (Fsp3) is 0.710. The number of benzene rings is 1. The normalized spacial score (nSPS) is 21.3. The molecule has 0 spiro atoms. The van der Waals surface area contributed by atoms with Crippen LogP contribution in [0.1, 0.15) is 59.9 Å². The monoisotopic (exact) mass is 596 g/mol. The van der Waals surface area contributed by atoms with Crippen LogP contribution in [0, 0.1) is 0 Å². The van der Waals surface area contributed by atoms with Gasteiger partial charge in [-0.25, -0.2) is 0 Å². The third kappa shape index (κ3) is 10.5. The number of rotatable bonds is 17. The van der Waals surface area contributed by atoms with E-state index in [0.717, 1.165) is 11.3 Å². The number of methoxy groups -OCH3 is 3. The molecule has 1 fully saturated rings. The maximum absolute atomic E-state index is 13.0. The van der Waals surface area contributed by atoms with Crippen molar-refractivity contribution in [2.45, 2.75) is 116 Å². The number of hydrogen-bond donors (Lipinski definition) is 0. The quantitative estimate of drug-likeness (QED) is 0.122. The lowest BCUT2D eigenvalue weighted by Crippen LogP contribution is -2.48. The first-order valence-electron chi connectivity index (χ1n) is 14.1. The zero-order valence-corrected chi connectivity index (χ0v) is 27.9. The molecule has 0 amide bonds. The topological polar surface area (TPSA) is 90.9 Å². The van der Waals surface area contributed by atoms with Crippen LogP contribution in [0.5, 0.6) is 5.75 Å². The Bertz CT molecular complexity index is 971. The second kappa shape index (κ2) is 15.2. The summed E-state index contributed by atoms with van der Waals surface area (Å²) in [6, 6.07) is 7.65. The highest BCUT2D eigenvalue weighted by molar-refractivity contribution is 6.74. The molecule has 0 aliphatic carbocycles. The third-order valence-corrected chi connectivity index (χ3v) is 12.2. The number of Topliss-reactive ketones (excluding diaryl/α,β-unsaturated/α-hetero) is 1. The predicted octanol–water partition coefficient (Wildman–Crippen LogP) is 6.01. The van der Waals surface area contributed by atoms with Crippen LogP contribution in [0.3, 0.4) is 0 Å². The van der Waals surface area contributed by atoms with Crippen molar-refractivity contribution in [3.8, 4) is 5.75 Å². The van der Waals surface area contributed by atoms with E-state index in [1.165, 1.54) is 0 Å². The van der Waals surface area contributed by atoms with E-state index in [0.29, 0.717) is 25.0 Å². The highest BCUT2D eigenvalue weighted by atomic mass is 28.4. The van der Waals surface area contributed by atoms with Crippen molar-refractivity contribution >= 4 is 14.1 Å². The molecule has 0 bridgehead atoms. The molecular formula is C31H52O9Si. The van der Waals surface area contributed by atoms with Crippen LogP contribution in [0.2, 0.25) is 18.1 Å². The van der Waals surface area contributed by atoms with Crippen molar-refractivity contribution in [3.63, 3.8) is 0 Å². The Morgan fingerprint density at radius 3 is 2.22 bits per heavy atom. The van der Waals surface area contributed by atoms with E-state index in [9.17, 15) is 4.79 Å². The lowest BCUT2D eigenvalue weighted by atomic mass is 9.97. The first kappa shape index (κ1) is 35.6. The molecule has 1 aliphatic rings. The Balaban J connectivity index is 2.32. The number of carbonyl (C=O) groups is 1. The summed E-state index contributed by atoms with van der Waals surface area (Å²) in [5.41, 5.74) is 1.39. The highest BCUT2D eigenvalue weighted by Gasteiger charge is 2.48. The van der Waals surface area contributed by atoms with Crippen LogP contribution in [0.4, 0.5) is 0 Å². The van der Waals surface area contributed by atoms with Crippen LogP contribution in [-0.2, 0) is 44.2 Å². The summed E-state index contributed by atoms with van der Waals surface area (Å²) in [5.74, 6) is -0.307. The summed E-state index contributed by atoms with van der Waals surface area (Å²) in [7, 11) is 2.58. The molecule has 1 aromatic rings. The lowest BCUT2D eigenvalue weighted by Gasteiger charge is -2.41. The van der Waals surface area contributed by atoms with Crippen molar-refractivity contribution in [2.75, 3.05) is 28.1 Å². The first-order chi connectivity index (χ1) is 19.0. The second-order valence-electron chi connectivity index (χ2n) is 12.6. The summed E-state index contributed by atoms with van der Waals surface area (Å²) >= 11 is 0. The molecule has 41 heavy (non-hydrogen) atoms. The third-order valence-electron chi connectivity index (χ3n) is 7.65. The van der Waals surface area contributed by atoms with Crippen molar-refractivity contribution in [1.82, 2.24) is 0 Å². The molecule has 5 atom stereocenters. The lowest BCUT2D eigenvalue weighted by molar-refractivity contribution is -0.241. The average Bonchev–Trinajstić information content (AvgIpc) is 3.19. The highest BCUT2D eigenvalue weighted by Crippen LogP contribution is 2.40. The van der Waals surface area contributed by atoms with E-state index in [-0.39, 0.29) is 23.7 Å². The van der Waals surface area contributed by atoms with E-state index in [1.807, 2.05) is 38.1 Å². The molecule has 0 N–H and O–H groups in total. The Morgan fingerprint density at radius 2 is 1.71 bits per heavy atom. The largest absolute Gasteiger partial charge is 0.497 e. The van der Waals surface area contributed by atoms with Gasteiger partial charge in [0, 0.05) is 27.1 Å². The van der Waals surface area contributed by atoms with Gasteiger partial charge in [0.25, 0.3) is 0 Å². The van der Waals surface area contributed by atoms with Crippen LogP contribution >= 0.6 is 0 Å². The molecule has 0 radical (unpaired) electrons. The fourth-order valence-electron chi connectivity index (χ4n) is 4.39. The summed E-state index contributed by atoms with van der Waals surface area (Å²) in [5, 5.41) is -0.0378. The maximum atomic E-state index is 13.0. The van der Waals surface area contributed by atoms with Crippen molar-refractivity contribution in [2.24, 2.45) is 0 Å². The van der Waals surface area contributed by atoms with Gasteiger partial charge in [-0.1, -0.05) is 39.5 Å². The van der Waals surface area contributed by atoms with Gasteiger partial charge in [0.15, 0.2) is 26.2 Å². The molecule has 2 rings (SSSR count). The van der Waals surface area contributed by atoms with Crippen molar-refractivity contribution < 1.29 is 42.4 Å². The van der Waals surface area contributed by atoms with Gasteiger partial charge < -0.3 is 37.6 Å². The van der Waals surface area contributed by atoms with Crippen molar-refractivity contribution in [1.29, 1.82) is 0 Å². The standard InChI is InChI=1S/C31H52O9Si/c1-21(2)27(32)28-25(38-31(6,7)39-28)17-24(40-41(11,12)30(3,4)5)18-26(35-10)29(37-20-33-8)36-19-22-13-15-23(34-9)16-14-22/h13-16,24-26,28-29H,1,17-20H2,2-12H3/t24-,25-,26-,28-,29+/m1/s1. The first-order valence-corrected chi connectivity index (χ1v) is 17.1. The molecule has 234 valence electrons. The minimum Gasteiger partial charge on any atom is -0.497 e. The van der Waals surface area contributed by atoms with Gasteiger partial charge in [-0.3, -0.25) is 4.79 Å². The summed E-state index contributed by atoms with van der Waals surface area (Å²) in [6.45, 7) is 20.5. The molecule has 0 unspecified atom stereocenters. The Labute approximate surface area is 247 Å². The van der Waals surface area contributed by atoms with E-state index in [4.69, 9.17) is 37.6 Å². The van der Waals surface area contributed by atoms with Crippen LogP contribution in [-0.4, -0.2) is 78.7 Å². The van der Waals surface area contributed by atoms with Gasteiger partial charge >= 0.3 is 0 Å². The van der Waals surface area contributed by atoms with Gasteiger partial charge in [-0.2, -0.15) is 0 Å². The second-order valence-corrected chi connectivity index (χ2v) is 17.3. The molecule has 1 saturated heterocycles. The van der Waals surface area contributed by atoms with Crippen LogP contribution < -0.4 is 4.74 Å². The Morgan fingerprint density at radius 1 is 1.07 bits per heavy atom. The molecule has 10 heteroatoms. The van der Waals surface area contributed by atoms with Gasteiger partial charge in [0.05, 0.1) is 25.9 Å². The van der Waals surface area contributed by atoms with E-state index in [1.54, 1.807) is 28.3 Å². The number of carbonyl (C=O) groups excluding carboxylic acids is 1. The molecule has 1 heterocycles. The Hall–Kier alpha value is -1.63. The molecule has 1 aliphatic heterocycles. The summed E-state index contributed by atoms with van der Waals surface area (Å²) in [6.07, 6.45) is -1.98. The van der Waals surface area contributed by atoms with Gasteiger partial charge in [0.1, 0.15) is 24.8 Å². The number of hydrogen-bond acceptors (Lipinski definition) is 9. The van der Waals surface area contributed by atoms with E-state index >= 15 is 0 Å². The summed E-state index contributed by atoms with van der Waals surface area (Å²) in [4.78, 5) is 13.0. The number of ketones is 1. The number of ether oxygens (including phenoxy) is 7. The molecule has 9 nitrogen and oxygen atoms in total. The minimum absolute atomic E-state index is 0.0316. The minimum atomic E-state index is -2.24. The zero-order chi connectivity index (χ0) is 31.0. The molecular weight excluding hydrogens is 544 g/mol. The van der Waals surface area contributed by atoms with Crippen LogP contribution in [0.25, 0.3) is 0 Å². The molecule has 0 aromatic heterocycles. The van der Waals surface area contributed by atoms with E-state index < -0.39 is 38.7 Å². The fourth-order valence-corrected chi connectivity index (χ4v) is 5.77. The van der Waals surface area contributed by atoms with Crippen LogP contribution in [0.15, 0.2) is 36.4 Å². The SMILES string of the molecule is C=C(C)C(=O)[C@@H]1OC(C)(C)O[C@@H]1C[C@H](C[C@@H](OC)[C@H](OCOC)OCc1ccc(OC)cc1)O[Si](C)(C)C(C)(C)C. The maximum Gasteiger partial charge on any atom is 0.192 e. The zero-order valence-electron chi connectivity index (χ0n) is 26.9. The predicted molar refractivity (Wildman–Crippen MR) is 160 cm³/mol. The van der Waals surface area contributed by atoms with Gasteiger partial charge in [0.2, 0.25) is 0 Å². The molecule has 0 saturated carbocycles. The van der Waals surface area contributed by atoms with Gasteiger partial charge in [-0.15, -0.1) is 0 Å². The summed E-state index contributed by atoms with van der Waals surface area (Å²) < 4.78 is 47.8. The van der Waals surface area contributed by atoms with Crippen molar-refractivity contribution in [3.05, 3.63) is 42.0 Å². The average molecular weight is 597 g/mol. The Kier molecular flexibility index (Phi) is 13.2.